The van der Waals surface area contributed by atoms with Crippen LogP contribution in [0.1, 0.15) is 15.4 Å². The van der Waals surface area contributed by atoms with Gasteiger partial charge in [-0.15, -0.1) is 11.3 Å². The number of aromatic nitrogens is 1. The van der Waals surface area contributed by atoms with Crippen LogP contribution in [-0.2, 0) is 6.54 Å². The lowest BCUT2D eigenvalue weighted by atomic mass is 10.1. The molecule has 110 valence electrons. The minimum atomic E-state index is -0.588. The van der Waals surface area contributed by atoms with Gasteiger partial charge in [0.25, 0.3) is 11.6 Å². The van der Waals surface area contributed by atoms with Gasteiger partial charge in [0.1, 0.15) is 10.7 Å². The average Bonchev–Trinajstić information content (AvgIpc) is 2.96. The van der Waals surface area contributed by atoms with Crippen molar-refractivity contribution in [3.8, 4) is 0 Å². The van der Waals surface area contributed by atoms with Crippen molar-refractivity contribution in [2.75, 3.05) is 12.4 Å². The summed E-state index contributed by atoms with van der Waals surface area (Å²) in [7, 11) is 1.52. The van der Waals surface area contributed by atoms with E-state index in [-0.39, 0.29) is 28.5 Å². The van der Waals surface area contributed by atoms with E-state index in [0.717, 1.165) is 5.01 Å². The second kappa shape index (κ2) is 6.51. The number of anilines is 1. The third kappa shape index (κ3) is 3.47. The minimum Gasteiger partial charge on any atom is -0.381 e. The van der Waals surface area contributed by atoms with E-state index in [1.165, 1.54) is 30.5 Å². The van der Waals surface area contributed by atoms with E-state index in [1.54, 1.807) is 11.6 Å². The quantitative estimate of drug-likeness (QED) is 0.650. The Hall–Kier alpha value is -2.19. The molecule has 0 atom stereocenters. The zero-order chi connectivity index (χ0) is 15.4. The molecular weight excluding hydrogens is 316 g/mol. The molecule has 0 bridgehead atoms. The van der Waals surface area contributed by atoms with Crippen LogP contribution in [0.4, 0.5) is 11.4 Å². The van der Waals surface area contributed by atoms with Crippen molar-refractivity contribution in [2.45, 2.75) is 6.54 Å². The summed E-state index contributed by atoms with van der Waals surface area (Å²) in [5, 5.41) is 19.0. The maximum atomic E-state index is 12.0. The summed E-state index contributed by atoms with van der Waals surface area (Å²) < 4.78 is 0. The molecule has 0 aliphatic rings. The number of carbonyl (C=O) groups excluding carboxylic acids is 1. The third-order valence-corrected chi connectivity index (χ3v) is 3.74. The molecule has 0 saturated carbocycles. The zero-order valence-electron chi connectivity index (χ0n) is 10.9. The van der Waals surface area contributed by atoms with Gasteiger partial charge in [0.15, 0.2) is 0 Å². The number of nitro benzene ring substituents is 1. The number of thiazole rings is 1. The molecule has 0 radical (unpaired) electrons. The van der Waals surface area contributed by atoms with E-state index in [1.807, 2.05) is 0 Å². The van der Waals surface area contributed by atoms with Gasteiger partial charge in [0, 0.05) is 30.3 Å². The maximum absolute atomic E-state index is 12.0. The molecule has 2 rings (SSSR count). The normalized spacial score (nSPS) is 10.2. The number of benzene rings is 1. The molecule has 0 aliphatic carbocycles. The van der Waals surface area contributed by atoms with Crippen molar-refractivity contribution in [3.05, 3.63) is 49.4 Å². The fourth-order valence-corrected chi connectivity index (χ4v) is 2.58. The first-order chi connectivity index (χ1) is 10.0. The van der Waals surface area contributed by atoms with Crippen LogP contribution in [0, 0.1) is 10.1 Å². The van der Waals surface area contributed by atoms with E-state index in [2.05, 4.69) is 15.6 Å². The molecule has 1 aromatic heterocycles. The average molecular weight is 327 g/mol. The highest BCUT2D eigenvalue weighted by Crippen LogP contribution is 2.33. The Labute approximate surface area is 129 Å². The molecule has 2 N–H and O–H groups in total. The first kappa shape index (κ1) is 15.2. The van der Waals surface area contributed by atoms with Gasteiger partial charge in [0.2, 0.25) is 0 Å². The van der Waals surface area contributed by atoms with E-state index < -0.39 is 10.8 Å². The molecule has 1 aromatic carbocycles. The molecule has 7 nitrogen and oxygen atoms in total. The van der Waals surface area contributed by atoms with Gasteiger partial charge in [-0.05, 0) is 6.07 Å². The molecule has 0 aliphatic heterocycles. The molecule has 0 fully saturated rings. The van der Waals surface area contributed by atoms with Crippen molar-refractivity contribution >= 4 is 40.2 Å². The number of nitrogens with one attached hydrogen (secondary N) is 2. The second-order valence-electron chi connectivity index (χ2n) is 3.97. The smallest absolute Gasteiger partial charge is 0.294 e. The maximum Gasteiger partial charge on any atom is 0.294 e. The lowest BCUT2D eigenvalue weighted by Gasteiger charge is -2.08. The van der Waals surface area contributed by atoms with E-state index >= 15 is 0 Å². The van der Waals surface area contributed by atoms with Crippen molar-refractivity contribution in [1.29, 1.82) is 0 Å². The van der Waals surface area contributed by atoms with Crippen LogP contribution >= 0.6 is 22.9 Å². The molecule has 21 heavy (non-hydrogen) atoms. The van der Waals surface area contributed by atoms with Gasteiger partial charge in [-0.2, -0.15) is 0 Å². The fraction of sp³-hybridized carbons (Fsp3) is 0.167. The zero-order valence-corrected chi connectivity index (χ0v) is 12.5. The summed E-state index contributed by atoms with van der Waals surface area (Å²) in [6.07, 6.45) is 1.63. The Morgan fingerprint density at radius 2 is 2.29 bits per heavy atom. The summed E-state index contributed by atoms with van der Waals surface area (Å²) in [4.78, 5) is 26.5. The number of nitro groups is 1. The van der Waals surface area contributed by atoms with E-state index in [4.69, 9.17) is 11.6 Å². The largest absolute Gasteiger partial charge is 0.381 e. The fourth-order valence-electron chi connectivity index (χ4n) is 1.71. The Kier molecular flexibility index (Phi) is 4.71. The Morgan fingerprint density at radius 3 is 2.86 bits per heavy atom. The summed E-state index contributed by atoms with van der Waals surface area (Å²) in [6, 6.07) is 2.58. The lowest BCUT2D eigenvalue weighted by molar-refractivity contribution is -0.383. The predicted octanol–water partition coefficient (Wildman–Crippen LogP) is 2.68. The van der Waals surface area contributed by atoms with Crippen LogP contribution in [0.3, 0.4) is 0 Å². The van der Waals surface area contributed by atoms with Crippen LogP contribution in [0.15, 0.2) is 23.7 Å². The summed E-state index contributed by atoms with van der Waals surface area (Å²) in [6.45, 7) is 0.260. The van der Waals surface area contributed by atoms with Crippen molar-refractivity contribution in [2.24, 2.45) is 0 Å². The molecule has 9 heteroatoms. The number of hydrogen-bond acceptors (Lipinski definition) is 6. The van der Waals surface area contributed by atoms with Crippen molar-refractivity contribution < 1.29 is 9.72 Å². The molecule has 2 aromatic rings. The summed E-state index contributed by atoms with van der Waals surface area (Å²) in [5.41, 5.74) is 0.0600. The van der Waals surface area contributed by atoms with Gasteiger partial charge in [-0.3, -0.25) is 14.9 Å². The van der Waals surface area contributed by atoms with Crippen molar-refractivity contribution in [3.63, 3.8) is 0 Å². The van der Waals surface area contributed by atoms with Gasteiger partial charge >= 0.3 is 0 Å². The standard InChI is InChI=1S/C12H11ClN4O3S/c1-14-11-8(13)4-7(5-9(11)17(19)20)12(18)16-6-10-15-2-3-21-10/h2-5,14H,6H2,1H3,(H,16,18). The first-order valence-electron chi connectivity index (χ1n) is 5.85. The Morgan fingerprint density at radius 1 is 1.52 bits per heavy atom. The van der Waals surface area contributed by atoms with Crippen LogP contribution in [0.2, 0.25) is 5.02 Å². The van der Waals surface area contributed by atoms with Crippen molar-refractivity contribution in [1.82, 2.24) is 10.3 Å². The number of amides is 1. The molecule has 0 spiro atoms. The monoisotopic (exact) mass is 326 g/mol. The van der Waals surface area contributed by atoms with Crippen LogP contribution in [0.5, 0.6) is 0 Å². The molecule has 0 saturated heterocycles. The van der Waals surface area contributed by atoms with Crippen LogP contribution in [0.25, 0.3) is 0 Å². The number of halogens is 1. The number of nitrogens with zero attached hydrogens (tertiary/aromatic N) is 2. The summed E-state index contributed by atoms with van der Waals surface area (Å²) in [5.74, 6) is -0.446. The van der Waals surface area contributed by atoms with Crippen LogP contribution in [-0.4, -0.2) is 22.9 Å². The predicted molar refractivity (Wildman–Crippen MR) is 80.9 cm³/mol. The molecule has 0 unspecified atom stereocenters. The molecular formula is C12H11ClN4O3S. The minimum absolute atomic E-state index is 0.117. The third-order valence-electron chi connectivity index (χ3n) is 2.66. The lowest BCUT2D eigenvalue weighted by Crippen LogP contribution is -2.23. The summed E-state index contributed by atoms with van der Waals surface area (Å²) >= 11 is 7.37. The SMILES string of the molecule is CNc1c(Cl)cc(C(=O)NCc2nccs2)cc1[N+](=O)[O-]. The second-order valence-corrected chi connectivity index (χ2v) is 5.35. The highest BCUT2D eigenvalue weighted by atomic mass is 35.5. The van der Waals surface area contributed by atoms with Crippen LogP contribution < -0.4 is 10.6 Å². The Bertz CT molecular complexity index is 675. The number of carbonyl (C=O) groups is 1. The molecule has 1 heterocycles. The first-order valence-corrected chi connectivity index (χ1v) is 7.11. The van der Waals surface area contributed by atoms with Gasteiger partial charge in [-0.1, -0.05) is 11.6 Å². The highest BCUT2D eigenvalue weighted by molar-refractivity contribution is 7.09. The van der Waals surface area contributed by atoms with E-state index in [0.29, 0.717) is 0 Å². The Balaban J connectivity index is 2.23. The van der Waals surface area contributed by atoms with Gasteiger partial charge < -0.3 is 10.6 Å². The number of rotatable bonds is 5. The molecule has 1 amide bonds. The van der Waals surface area contributed by atoms with Gasteiger partial charge in [-0.25, -0.2) is 4.98 Å². The van der Waals surface area contributed by atoms with E-state index in [9.17, 15) is 14.9 Å². The number of hydrogen-bond donors (Lipinski definition) is 2. The van der Waals surface area contributed by atoms with Gasteiger partial charge in [0.05, 0.1) is 16.5 Å². The highest BCUT2D eigenvalue weighted by Gasteiger charge is 2.20. The topological polar surface area (TPSA) is 97.2 Å².